The van der Waals surface area contributed by atoms with Crippen molar-refractivity contribution < 1.29 is 0 Å². The molecular formula is C17H24N4. The van der Waals surface area contributed by atoms with E-state index in [4.69, 9.17) is 10.7 Å². The topological polar surface area (TPSA) is 54.2 Å². The van der Waals surface area contributed by atoms with Crippen molar-refractivity contribution >= 4 is 22.4 Å². The van der Waals surface area contributed by atoms with E-state index in [2.05, 4.69) is 41.5 Å². The van der Waals surface area contributed by atoms with Gasteiger partial charge in [-0.15, -0.1) is 0 Å². The molecule has 3 N–H and O–H groups in total. The number of nitrogens with one attached hydrogen (secondary N) is 1. The van der Waals surface area contributed by atoms with Gasteiger partial charge in [-0.3, -0.25) is 0 Å². The smallest absolute Gasteiger partial charge is 0.131 e. The summed E-state index contributed by atoms with van der Waals surface area (Å²) in [6.45, 7) is 0. The Balaban J connectivity index is 1.92. The number of rotatable bonds is 3. The van der Waals surface area contributed by atoms with Gasteiger partial charge in [-0.05, 0) is 31.7 Å². The molecule has 1 heterocycles. The van der Waals surface area contributed by atoms with E-state index in [0.717, 1.165) is 42.7 Å². The maximum atomic E-state index is 6.01. The Bertz CT molecular complexity index is 617. The fraction of sp³-hybridized carbons (Fsp3) is 0.471. The van der Waals surface area contributed by atoms with Gasteiger partial charge >= 0.3 is 0 Å². The fourth-order valence-corrected chi connectivity index (χ4v) is 3.22. The summed E-state index contributed by atoms with van der Waals surface area (Å²) in [5, 5.41) is 4.46. The standard InChI is InChI=1S/C17H24N4/c1-19-16-11-17(20-15-6-4-3-5-14(15)16)21(2)13-9-7-12(18)8-10-13/h3-6,11-13H,7-10,18H2,1-2H3,(H,19,20). The van der Waals surface area contributed by atoms with Crippen molar-refractivity contribution in [2.24, 2.45) is 5.73 Å². The van der Waals surface area contributed by atoms with Crippen LogP contribution in [0.3, 0.4) is 0 Å². The Morgan fingerprint density at radius 2 is 1.90 bits per heavy atom. The van der Waals surface area contributed by atoms with Crippen molar-refractivity contribution in [2.45, 2.75) is 37.8 Å². The number of hydrogen-bond donors (Lipinski definition) is 2. The lowest BCUT2D eigenvalue weighted by molar-refractivity contribution is 0.384. The summed E-state index contributed by atoms with van der Waals surface area (Å²) < 4.78 is 0. The van der Waals surface area contributed by atoms with E-state index in [1.165, 1.54) is 5.39 Å². The molecule has 1 fully saturated rings. The molecule has 1 aromatic heterocycles. The summed E-state index contributed by atoms with van der Waals surface area (Å²) in [4.78, 5) is 7.15. The molecule has 0 amide bonds. The van der Waals surface area contributed by atoms with Crippen molar-refractivity contribution in [3.05, 3.63) is 30.3 Å². The number of hydrogen-bond acceptors (Lipinski definition) is 4. The van der Waals surface area contributed by atoms with Crippen LogP contribution in [0.4, 0.5) is 11.5 Å². The Hall–Kier alpha value is -1.81. The number of pyridine rings is 1. The van der Waals surface area contributed by atoms with Gasteiger partial charge in [-0.2, -0.15) is 0 Å². The van der Waals surface area contributed by atoms with E-state index in [1.54, 1.807) is 0 Å². The zero-order valence-corrected chi connectivity index (χ0v) is 12.8. The third-order valence-corrected chi connectivity index (χ3v) is 4.62. The number of fused-ring (bicyclic) bond motifs is 1. The van der Waals surface area contributed by atoms with Crippen molar-refractivity contribution in [1.29, 1.82) is 0 Å². The first kappa shape index (κ1) is 14.1. The third-order valence-electron chi connectivity index (χ3n) is 4.62. The van der Waals surface area contributed by atoms with Crippen LogP contribution < -0.4 is 16.0 Å². The second kappa shape index (κ2) is 5.90. The summed E-state index contributed by atoms with van der Waals surface area (Å²) in [5.74, 6) is 1.04. The van der Waals surface area contributed by atoms with Gasteiger partial charge < -0.3 is 16.0 Å². The highest BCUT2D eigenvalue weighted by Crippen LogP contribution is 2.30. The highest BCUT2D eigenvalue weighted by atomic mass is 15.2. The predicted molar refractivity (Wildman–Crippen MR) is 89.9 cm³/mol. The number of nitrogens with zero attached hydrogens (tertiary/aromatic N) is 2. The maximum absolute atomic E-state index is 6.01. The van der Waals surface area contributed by atoms with E-state index < -0.39 is 0 Å². The molecule has 0 aliphatic heterocycles. The predicted octanol–water partition coefficient (Wildman–Crippen LogP) is 2.98. The largest absolute Gasteiger partial charge is 0.387 e. The van der Waals surface area contributed by atoms with Crippen LogP contribution in [0, 0.1) is 0 Å². The normalized spacial score (nSPS) is 22.2. The number of benzene rings is 1. The molecule has 0 spiro atoms. The molecule has 0 saturated heterocycles. The van der Waals surface area contributed by atoms with Gasteiger partial charge in [-0.25, -0.2) is 4.98 Å². The van der Waals surface area contributed by atoms with E-state index in [9.17, 15) is 0 Å². The Labute approximate surface area is 126 Å². The highest BCUT2D eigenvalue weighted by Gasteiger charge is 2.23. The molecule has 2 aromatic rings. The molecule has 1 saturated carbocycles. The van der Waals surface area contributed by atoms with E-state index in [-0.39, 0.29) is 0 Å². The SMILES string of the molecule is CNc1cc(N(C)C2CCC(N)CC2)nc2ccccc12. The Kier molecular flexibility index (Phi) is 3.97. The minimum absolute atomic E-state index is 0.382. The zero-order valence-electron chi connectivity index (χ0n) is 12.8. The Morgan fingerprint density at radius 1 is 1.19 bits per heavy atom. The van der Waals surface area contributed by atoms with E-state index >= 15 is 0 Å². The van der Waals surface area contributed by atoms with Crippen LogP contribution in [0.15, 0.2) is 30.3 Å². The quantitative estimate of drug-likeness (QED) is 0.910. The summed E-state index contributed by atoms with van der Waals surface area (Å²) in [6, 6.07) is 11.4. The van der Waals surface area contributed by atoms with Gasteiger partial charge in [0.25, 0.3) is 0 Å². The first-order valence-electron chi connectivity index (χ1n) is 7.75. The molecule has 3 rings (SSSR count). The molecule has 1 aliphatic carbocycles. The van der Waals surface area contributed by atoms with Crippen molar-refractivity contribution in [2.75, 3.05) is 24.3 Å². The number of aromatic nitrogens is 1. The highest BCUT2D eigenvalue weighted by molar-refractivity contribution is 5.93. The number of para-hydroxylation sites is 1. The summed E-state index contributed by atoms with van der Waals surface area (Å²) in [6.07, 6.45) is 4.53. The molecule has 0 bridgehead atoms. The van der Waals surface area contributed by atoms with Crippen LogP contribution in [0.5, 0.6) is 0 Å². The molecular weight excluding hydrogens is 260 g/mol. The lowest BCUT2D eigenvalue weighted by atomic mass is 9.91. The first-order chi connectivity index (χ1) is 10.2. The van der Waals surface area contributed by atoms with Crippen LogP contribution in [0.25, 0.3) is 10.9 Å². The molecule has 0 radical (unpaired) electrons. The van der Waals surface area contributed by atoms with Gasteiger partial charge in [0, 0.05) is 43.3 Å². The van der Waals surface area contributed by atoms with Gasteiger partial charge in [0.05, 0.1) is 5.52 Å². The van der Waals surface area contributed by atoms with Crippen LogP contribution in [-0.4, -0.2) is 31.2 Å². The Morgan fingerprint density at radius 3 is 2.62 bits per heavy atom. The lowest BCUT2D eigenvalue weighted by Crippen LogP contribution is -2.39. The van der Waals surface area contributed by atoms with Gasteiger partial charge in [-0.1, -0.05) is 18.2 Å². The maximum Gasteiger partial charge on any atom is 0.131 e. The molecule has 112 valence electrons. The van der Waals surface area contributed by atoms with E-state index in [1.807, 2.05) is 13.1 Å². The first-order valence-corrected chi connectivity index (χ1v) is 7.75. The van der Waals surface area contributed by atoms with Crippen LogP contribution in [0.1, 0.15) is 25.7 Å². The second-order valence-corrected chi connectivity index (χ2v) is 5.97. The van der Waals surface area contributed by atoms with Crippen molar-refractivity contribution in [1.82, 2.24) is 4.98 Å². The molecule has 1 aromatic carbocycles. The third kappa shape index (κ3) is 2.81. The number of anilines is 2. The lowest BCUT2D eigenvalue weighted by Gasteiger charge is -2.34. The summed E-state index contributed by atoms with van der Waals surface area (Å²) in [7, 11) is 4.11. The van der Waals surface area contributed by atoms with Gasteiger partial charge in [0.2, 0.25) is 0 Å². The van der Waals surface area contributed by atoms with Crippen LogP contribution in [0.2, 0.25) is 0 Å². The van der Waals surface area contributed by atoms with Crippen LogP contribution in [-0.2, 0) is 0 Å². The minimum Gasteiger partial charge on any atom is -0.387 e. The van der Waals surface area contributed by atoms with Gasteiger partial charge in [0.15, 0.2) is 0 Å². The van der Waals surface area contributed by atoms with Crippen molar-refractivity contribution in [3.8, 4) is 0 Å². The molecule has 4 nitrogen and oxygen atoms in total. The summed E-state index contributed by atoms with van der Waals surface area (Å²) in [5.41, 5.74) is 8.19. The average Bonchev–Trinajstić information content (AvgIpc) is 2.53. The fourth-order valence-electron chi connectivity index (χ4n) is 3.22. The molecule has 0 atom stereocenters. The second-order valence-electron chi connectivity index (χ2n) is 5.97. The van der Waals surface area contributed by atoms with Gasteiger partial charge in [0.1, 0.15) is 5.82 Å². The van der Waals surface area contributed by atoms with Crippen molar-refractivity contribution in [3.63, 3.8) is 0 Å². The summed E-state index contributed by atoms with van der Waals surface area (Å²) >= 11 is 0. The molecule has 1 aliphatic rings. The number of nitrogens with two attached hydrogens (primary N) is 1. The molecule has 0 unspecified atom stereocenters. The average molecular weight is 284 g/mol. The minimum atomic E-state index is 0.382. The molecule has 4 heteroatoms. The monoisotopic (exact) mass is 284 g/mol. The van der Waals surface area contributed by atoms with E-state index in [0.29, 0.717) is 12.1 Å². The van der Waals surface area contributed by atoms with Crippen LogP contribution >= 0.6 is 0 Å². The molecule has 21 heavy (non-hydrogen) atoms. The zero-order chi connectivity index (χ0) is 14.8.